The number of halogens is 1. The van der Waals surface area contributed by atoms with E-state index in [9.17, 15) is 4.79 Å². The van der Waals surface area contributed by atoms with E-state index in [1.165, 1.54) is 5.56 Å². The van der Waals surface area contributed by atoms with E-state index in [1.54, 1.807) is 0 Å². The van der Waals surface area contributed by atoms with Gasteiger partial charge in [0.25, 0.3) is 0 Å². The lowest BCUT2D eigenvalue weighted by atomic mass is 9.99. The van der Waals surface area contributed by atoms with Gasteiger partial charge in [0, 0.05) is 3.57 Å². The Bertz CT molecular complexity index is 372. The Morgan fingerprint density at radius 1 is 1.31 bits per heavy atom. The van der Waals surface area contributed by atoms with Gasteiger partial charge in [0.15, 0.2) is 0 Å². The molecule has 13 heavy (non-hydrogen) atoms. The maximum atomic E-state index is 11.1. The Morgan fingerprint density at radius 2 is 1.85 bits per heavy atom. The van der Waals surface area contributed by atoms with E-state index in [0.29, 0.717) is 5.56 Å². The summed E-state index contributed by atoms with van der Waals surface area (Å²) in [6, 6.07) is 1.99. The largest absolute Gasteiger partial charge is 0.366 e. The summed E-state index contributed by atoms with van der Waals surface area (Å²) in [5, 5.41) is 0. The zero-order valence-electron chi connectivity index (χ0n) is 7.94. The standard InChI is InChI=1S/C10H12INO/c1-5-4-8(11)9(10(12)13)7(3)6(5)2/h4H,1-3H3,(H2,12,13). The number of primary amides is 1. The van der Waals surface area contributed by atoms with Gasteiger partial charge in [-0.15, -0.1) is 0 Å². The van der Waals surface area contributed by atoms with E-state index in [2.05, 4.69) is 22.6 Å². The zero-order chi connectivity index (χ0) is 10.2. The third kappa shape index (κ3) is 1.85. The highest BCUT2D eigenvalue weighted by atomic mass is 127. The van der Waals surface area contributed by atoms with Crippen LogP contribution in [0.4, 0.5) is 0 Å². The number of benzene rings is 1. The summed E-state index contributed by atoms with van der Waals surface area (Å²) in [6.45, 7) is 5.98. The molecule has 0 unspecified atom stereocenters. The van der Waals surface area contributed by atoms with E-state index in [0.717, 1.165) is 14.7 Å². The second-order valence-electron chi connectivity index (χ2n) is 3.16. The highest BCUT2D eigenvalue weighted by Crippen LogP contribution is 2.22. The molecule has 1 amide bonds. The quantitative estimate of drug-likeness (QED) is 0.792. The molecular weight excluding hydrogens is 277 g/mol. The SMILES string of the molecule is Cc1cc(I)c(C(N)=O)c(C)c1C. The molecule has 0 saturated carbocycles. The molecule has 2 nitrogen and oxygen atoms in total. The van der Waals surface area contributed by atoms with Gasteiger partial charge >= 0.3 is 0 Å². The number of hydrogen-bond acceptors (Lipinski definition) is 1. The Labute approximate surface area is 91.7 Å². The fraction of sp³-hybridized carbons (Fsp3) is 0.300. The lowest BCUT2D eigenvalue weighted by Gasteiger charge is -2.10. The van der Waals surface area contributed by atoms with Crippen molar-refractivity contribution in [2.45, 2.75) is 20.8 Å². The Kier molecular flexibility index (Phi) is 2.95. The van der Waals surface area contributed by atoms with Gasteiger partial charge in [0.05, 0.1) is 5.56 Å². The number of aryl methyl sites for hydroxylation is 1. The first-order chi connectivity index (χ1) is 5.95. The molecule has 1 aromatic carbocycles. The van der Waals surface area contributed by atoms with Gasteiger partial charge in [0.1, 0.15) is 0 Å². The van der Waals surface area contributed by atoms with Crippen LogP contribution >= 0.6 is 22.6 Å². The van der Waals surface area contributed by atoms with Crippen LogP contribution in [0, 0.1) is 24.3 Å². The van der Waals surface area contributed by atoms with E-state index in [4.69, 9.17) is 5.73 Å². The third-order valence-corrected chi connectivity index (χ3v) is 3.21. The summed E-state index contributed by atoms with van der Waals surface area (Å²) < 4.78 is 0.936. The van der Waals surface area contributed by atoms with Gasteiger partial charge in [-0.05, 0) is 66.1 Å². The lowest BCUT2D eigenvalue weighted by molar-refractivity contribution is 0.0999. The van der Waals surface area contributed by atoms with Crippen molar-refractivity contribution in [3.8, 4) is 0 Å². The molecule has 0 bridgehead atoms. The van der Waals surface area contributed by atoms with Crippen LogP contribution in [0.2, 0.25) is 0 Å². The molecule has 0 saturated heterocycles. The minimum atomic E-state index is -0.343. The highest BCUT2D eigenvalue weighted by molar-refractivity contribution is 14.1. The first-order valence-electron chi connectivity index (χ1n) is 4.01. The summed E-state index contributed by atoms with van der Waals surface area (Å²) in [6.07, 6.45) is 0. The number of carbonyl (C=O) groups excluding carboxylic acids is 1. The van der Waals surface area contributed by atoms with Gasteiger partial charge in [0.2, 0.25) is 5.91 Å². The van der Waals surface area contributed by atoms with Crippen LogP contribution in [0.5, 0.6) is 0 Å². The van der Waals surface area contributed by atoms with Crippen molar-refractivity contribution in [3.63, 3.8) is 0 Å². The maximum absolute atomic E-state index is 11.1. The Balaban J connectivity index is 3.53. The van der Waals surface area contributed by atoms with Crippen LogP contribution in [0.25, 0.3) is 0 Å². The minimum absolute atomic E-state index is 0.343. The average Bonchev–Trinajstić information content (AvgIpc) is 1.99. The monoisotopic (exact) mass is 289 g/mol. The fourth-order valence-electron chi connectivity index (χ4n) is 1.34. The van der Waals surface area contributed by atoms with Crippen molar-refractivity contribution in [1.82, 2.24) is 0 Å². The molecule has 0 aliphatic rings. The average molecular weight is 289 g/mol. The van der Waals surface area contributed by atoms with Gasteiger partial charge in [-0.3, -0.25) is 4.79 Å². The first-order valence-corrected chi connectivity index (χ1v) is 5.09. The number of amides is 1. The van der Waals surface area contributed by atoms with Gasteiger partial charge in [-0.25, -0.2) is 0 Å². The molecule has 2 N–H and O–H groups in total. The Hall–Kier alpha value is -0.580. The van der Waals surface area contributed by atoms with Gasteiger partial charge in [-0.1, -0.05) is 0 Å². The fourth-order valence-corrected chi connectivity index (χ4v) is 2.47. The second kappa shape index (κ2) is 3.65. The Morgan fingerprint density at radius 3 is 2.31 bits per heavy atom. The molecule has 0 heterocycles. The summed E-state index contributed by atoms with van der Waals surface area (Å²) in [5.41, 5.74) is 9.29. The van der Waals surface area contributed by atoms with Crippen LogP contribution in [0.3, 0.4) is 0 Å². The van der Waals surface area contributed by atoms with Crippen LogP contribution in [0.15, 0.2) is 6.07 Å². The minimum Gasteiger partial charge on any atom is -0.366 e. The molecule has 0 radical (unpaired) electrons. The predicted octanol–water partition coefficient (Wildman–Crippen LogP) is 2.32. The molecule has 1 rings (SSSR count). The van der Waals surface area contributed by atoms with Crippen molar-refractivity contribution in [2.24, 2.45) is 5.73 Å². The molecule has 3 heteroatoms. The number of hydrogen-bond donors (Lipinski definition) is 1. The third-order valence-electron chi connectivity index (χ3n) is 2.36. The first kappa shape index (κ1) is 10.5. The van der Waals surface area contributed by atoms with E-state index in [-0.39, 0.29) is 5.91 Å². The predicted molar refractivity (Wildman–Crippen MR) is 61.9 cm³/mol. The van der Waals surface area contributed by atoms with Crippen molar-refractivity contribution < 1.29 is 4.79 Å². The van der Waals surface area contributed by atoms with Crippen molar-refractivity contribution in [1.29, 1.82) is 0 Å². The summed E-state index contributed by atoms with van der Waals surface area (Å²) in [5.74, 6) is -0.343. The summed E-state index contributed by atoms with van der Waals surface area (Å²) >= 11 is 2.14. The summed E-state index contributed by atoms with van der Waals surface area (Å²) in [4.78, 5) is 11.1. The van der Waals surface area contributed by atoms with Crippen molar-refractivity contribution >= 4 is 28.5 Å². The van der Waals surface area contributed by atoms with Crippen molar-refractivity contribution in [3.05, 3.63) is 31.9 Å². The van der Waals surface area contributed by atoms with E-state index >= 15 is 0 Å². The normalized spacial score (nSPS) is 10.2. The second-order valence-corrected chi connectivity index (χ2v) is 4.33. The van der Waals surface area contributed by atoms with Gasteiger partial charge < -0.3 is 5.73 Å². The molecule has 0 aliphatic carbocycles. The molecular formula is C10H12INO. The van der Waals surface area contributed by atoms with Gasteiger partial charge in [-0.2, -0.15) is 0 Å². The van der Waals surface area contributed by atoms with Crippen LogP contribution < -0.4 is 5.73 Å². The lowest BCUT2D eigenvalue weighted by Crippen LogP contribution is -2.15. The van der Waals surface area contributed by atoms with E-state index < -0.39 is 0 Å². The molecule has 0 fully saturated rings. The molecule has 0 spiro atoms. The number of rotatable bonds is 1. The number of carbonyl (C=O) groups is 1. The highest BCUT2D eigenvalue weighted by Gasteiger charge is 2.12. The molecule has 0 atom stereocenters. The van der Waals surface area contributed by atoms with Crippen LogP contribution in [-0.4, -0.2) is 5.91 Å². The van der Waals surface area contributed by atoms with Crippen molar-refractivity contribution in [2.75, 3.05) is 0 Å². The maximum Gasteiger partial charge on any atom is 0.250 e. The number of nitrogens with two attached hydrogens (primary N) is 1. The van der Waals surface area contributed by atoms with E-state index in [1.807, 2.05) is 26.8 Å². The van der Waals surface area contributed by atoms with Crippen LogP contribution in [0.1, 0.15) is 27.0 Å². The smallest absolute Gasteiger partial charge is 0.250 e. The summed E-state index contributed by atoms with van der Waals surface area (Å²) in [7, 11) is 0. The molecule has 1 aromatic rings. The molecule has 0 aromatic heterocycles. The molecule has 70 valence electrons. The van der Waals surface area contributed by atoms with Crippen LogP contribution in [-0.2, 0) is 0 Å². The molecule has 0 aliphatic heterocycles. The zero-order valence-corrected chi connectivity index (χ0v) is 10.1. The topological polar surface area (TPSA) is 43.1 Å².